The summed E-state index contributed by atoms with van der Waals surface area (Å²) in [4.78, 5) is 11.1. The zero-order valence-electron chi connectivity index (χ0n) is 8.73. The first-order chi connectivity index (χ1) is 7.22. The summed E-state index contributed by atoms with van der Waals surface area (Å²) < 4.78 is 2.08. The van der Waals surface area contributed by atoms with E-state index in [0.29, 0.717) is 0 Å². The summed E-state index contributed by atoms with van der Waals surface area (Å²) in [6, 6.07) is -0.116. The van der Waals surface area contributed by atoms with Crippen molar-refractivity contribution in [3.8, 4) is 0 Å². The minimum Gasteiger partial charge on any atom is -0.343 e. The Bertz CT molecular complexity index is 396. The van der Waals surface area contributed by atoms with Crippen LogP contribution in [-0.4, -0.2) is 20.7 Å². The Morgan fingerprint density at radius 2 is 2.47 bits per heavy atom. The number of carbonyl (C=O) groups is 1. The van der Waals surface area contributed by atoms with E-state index in [9.17, 15) is 4.79 Å². The molecule has 0 bridgehead atoms. The van der Waals surface area contributed by atoms with Gasteiger partial charge in [-0.2, -0.15) is 0 Å². The number of aryl methyl sites for hydroxylation is 1. The van der Waals surface area contributed by atoms with Crippen LogP contribution in [0.1, 0.15) is 31.0 Å². The lowest BCUT2D eigenvalue weighted by atomic mass is 10.3. The number of aromatic nitrogens is 3. The van der Waals surface area contributed by atoms with Crippen molar-refractivity contribution in [1.82, 2.24) is 20.1 Å². The lowest BCUT2D eigenvalue weighted by Crippen LogP contribution is -2.26. The number of hydrogen-bond acceptors (Lipinski definition) is 3. The number of hydrogen-bond donors (Lipinski definition) is 1. The van der Waals surface area contributed by atoms with Crippen LogP contribution in [0.4, 0.5) is 0 Å². The van der Waals surface area contributed by atoms with Crippen LogP contribution >= 0.6 is 0 Å². The van der Waals surface area contributed by atoms with Gasteiger partial charge in [-0.25, -0.2) is 0 Å². The smallest absolute Gasteiger partial charge is 0.243 e. The predicted octanol–water partition coefficient (Wildman–Crippen LogP) is 0.587. The zero-order chi connectivity index (χ0) is 10.8. The van der Waals surface area contributed by atoms with Gasteiger partial charge in [-0.1, -0.05) is 6.58 Å². The summed E-state index contributed by atoms with van der Waals surface area (Å²) in [7, 11) is 0. The highest BCUT2D eigenvalue weighted by Crippen LogP contribution is 2.18. The fourth-order valence-corrected chi connectivity index (χ4v) is 1.83. The first-order valence-electron chi connectivity index (χ1n) is 5.07. The van der Waals surface area contributed by atoms with Crippen LogP contribution in [0, 0.1) is 0 Å². The number of fused-ring (bicyclic) bond motifs is 1. The molecule has 1 N–H and O–H groups in total. The van der Waals surface area contributed by atoms with E-state index < -0.39 is 0 Å². The second-order valence-corrected chi connectivity index (χ2v) is 3.66. The van der Waals surface area contributed by atoms with E-state index in [1.54, 1.807) is 0 Å². The molecular weight excluding hydrogens is 192 g/mol. The van der Waals surface area contributed by atoms with Crippen molar-refractivity contribution in [2.75, 3.05) is 0 Å². The third-order valence-electron chi connectivity index (χ3n) is 2.57. The molecule has 0 radical (unpaired) electrons. The molecule has 0 aromatic carbocycles. The molecule has 80 valence electrons. The molecule has 15 heavy (non-hydrogen) atoms. The number of nitrogens with zero attached hydrogens (tertiary/aromatic N) is 3. The number of amides is 1. The van der Waals surface area contributed by atoms with E-state index in [0.717, 1.165) is 31.0 Å². The minimum atomic E-state index is -0.183. The molecule has 0 fully saturated rings. The maximum Gasteiger partial charge on any atom is 0.243 e. The Balaban J connectivity index is 2.15. The standard InChI is InChI=1S/C10H14N4O/c1-3-9(15)11-7(2)10-13-12-8-5-4-6-14(8)10/h3,7H,1,4-6H2,2H3,(H,11,15). The fraction of sp³-hybridized carbons (Fsp3) is 0.500. The number of rotatable bonds is 3. The second-order valence-electron chi connectivity index (χ2n) is 3.66. The first-order valence-corrected chi connectivity index (χ1v) is 5.07. The molecule has 1 aromatic heterocycles. The average molecular weight is 206 g/mol. The molecule has 1 aliphatic rings. The Kier molecular flexibility index (Phi) is 2.53. The minimum absolute atomic E-state index is 0.116. The van der Waals surface area contributed by atoms with Gasteiger partial charge >= 0.3 is 0 Å². The van der Waals surface area contributed by atoms with E-state index in [2.05, 4.69) is 26.7 Å². The highest BCUT2D eigenvalue weighted by Gasteiger charge is 2.21. The Morgan fingerprint density at radius 3 is 3.20 bits per heavy atom. The van der Waals surface area contributed by atoms with Gasteiger partial charge in [0.2, 0.25) is 5.91 Å². The van der Waals surface area contributed by atoms with Crippen LogP contribution in [0.3, 0.4) is 0 Å². The van der Waals surface area contributed by atoms with E-state index in [1.807, 2.05) is 6.92 Å². The van der Waals surface area contributed by atoms with Crippen LogP contribution in [0.2, 0.25) is 0 Å². The SMILES string of the molecule is C=CC(=O)NC(C)c1nnc2n1CCC2. The fourth-order valence-electron chi connectivity index (χ4n) is 1.83. The van der Waals surface area contributed by atoms with Gasteiger partial charge in [0.05, 0.1) is 6.04 Å². The predicted molar refractivity (Wildman–Crippen MR) is 55.1 cm³/mol. The van der Waals surface area contributed by atoms with Crippen molar-refractivity contribution in [3.05, 3.63) is 24.3 Å². The van der Waals surface area contributed by atoms with Crippen LogP contribution in [0.15, 0.2) is 12.7 Å². The third-order valence-corrected chi connectivity index (χ3v) is 2.57. The lowest BCUT2D eigenvalue weighted by Gasteiger charge is -2.12. The average Bonchev–Trinajstić information content (AvgIpc) is 2.77. The van der Waals surface area contributed by atoms with Crippen LogP contribution < -0.4 is 5.32 Å². The van der Waals surface area contributed by atoms with Gasteiger partial charge in [0, 0.05) is 13.0 Å². The molecule has 2 heterocycles. The number of carbonyl (C=O) groups excluding carboxylic acids is 1. The summed E-state index contributed by atoms with van der Waals surface area (Å²) in [5.74, 6) is 1.67. The second kappa shape index (κ2) is 3.84. The summed E-state index contributed by atoms with van der Waals surface area (Å²) in [5, 5.41) is 11.0. The van der Waals surface area contributed by atoms with Gasteiger partial charge in [-0.15, -0.1) is 10.2 Å². The van der Waals surface area contributed by atoms with E-state index in [-0.39, 0.29) is 11.9 Å². The van der Waals surface area contributed by atoms with Crippen molar-refractivity contribution in [1.29, 1.82) is 0 Å². The molecule has 1 unspecified atom stereocenters. The molecule has 0 saturated heterocycles. The summed E-state index contributed by atoms with van der Waals surface area (Å²) in [6.07, 6.45) is 3.35. The Hall–Kier alpha value is -1.65. The van der Waals surface area contributed by atoms with Gasteiger partial charge < -0.3 is 9.88 Å². The van der Waals surface area contributed by atoms with Gasteiger partial charge in [-0.05, 0) is 19.4 Å². The lowest BCUT2D eigenvalue weighted by molar-refractivity contribution is -0.117. The molecule has 1 aliphatic heterocycles. The Morgan fingerprint density at radius 1 is 1.67 bits per heavy atom. The van der Waals surface area contributed by atoms with Crippen molar-refractivity contribution in [3.63, 3.8) is 0 Å². The summed E-state index contributed by atoms with van der Waals surface area (Å²) in [5.41, 5.74) is 0. The molecule has 5 heteroatoms. The maximum absolute atomic E-state index is 11.1. The van der Waals surface area contributed by atoms with E-state index in [1.165, 1.54) is 6.08 Å². The first kappa shape index (κ1) is 9.89. The molecule has 0 aliphatic carbocycles. The topological polar surface area (TPSA) is 59.8 Å². The van der Waals surface area contributed by atoms with Crippen molar-refractivity contribution >= 4 is 5.91 Å². The molecule has 1 aromatic rings. The summed E-state index contributed by atoms with van der Waals surface area (Å²) >= 11 is 0. The van der Waals surface area contributed by atoms with Crippen LogP contribution in [0.25, 0.3) is 0 Å². The molecule has 0 spiro atoms. The van der Waals surface area contributed by atoms with Gasteiger partial charge in [-0.3, -0.25) is 4.79 Å². The number of nitrogens with one attached hydrogen (secondary N) is 1. The summed E-state index contributed by atoms with van der Waals surface area (Å²) in [6.45, 7) is 6.26. The maximum atomic E-state index is 11.1. The largest absolute Gasteiger partial charge is 0.343 e. The molecule has 0 saturated carbocycles. The normalized spacial score (nSPS) is 15.8. The molecule has 5 nitrogen and oxygen atoms in total. The van der Waals surface area contributed by atoms with E-state index >= 15 is 0 Å². The Labute approximate surface area is 88.2 Å². The quantitative estimate of drug-likeness (QED) is 0.736. The van der Waals surface area contributed by atoms with E-state index in [4.69, 9.17) is 0 Å². The third kappa shape index (κ3) is 1.77. The molecule has 1 atom stereocenters. The van der Waals surface area contributed by atoms with Crippen molar-refractivity contribution in [2.24, 2.45) is 0 Å². The monoisotopic (exact) mass is 206 g/mol. The molecule has 2 rings (SSSR count). The highest BCUT2D eigenvalue weighted by atomic mass is 16.1. The molecular formula is C10H14N4O. The van der Waals surface area contributed by atoms with Gasteiger partial charge in [0.1, 0.15) is 5.82 Å². The van der Waals surface area contributed by atoms with Crippen LogP contribution in [-0.2, 0) is 17.8 Å². The van der Waals surface area contributed by atoms with Gasteiger partial charge in [0.15, 0.2) is 5.82 Å². The van der Waals surface area contributed by atoms with Crippen LogP contribution in [0.5, 0.6) is 0 Å². The van der Waals surface area contributed by atoms with Crippen molar-refractivity contribution < 1.29 is 4.79 Å². The highest BCUT2D eigenvalue weighted by molar-refractivity contribution is 5.87. The molecule has 1 amide bonds. The van der Waals surface area contributed by atoms with Gasteiger partial charge in [0.25, 0.3) is 0 Å². The zero-order valence-corrected chi connectivity index (χ0v) is 8.73. The van der Waals surface area contributed by atoms with Crippen molar-refractivity contribution in [2.45, 2.75) is 32.4 Å².